The third-order valence-corrected chi connectivity index (χ3v) is 6.46. The van der Waals surface area contributed by atoms with E-state index in [1.165, 1.54) is 0 Å². The minimum atomic E-state index is -3.46. The summed E-state index contributed by atoms with van der Waals surface area (Å²) in [6.07, 6.45) is 2.60. The van der Waals surface area contributed by atoms with Crippen LogP contribution in [-0.4, -0.2) is 36.3 Å². The number of aromatic amines is 1. The number of H-pyrrole nitrogens is 1. The molecular formula is C17H23N3O3S. The van der Waals surface area contributed by atoms with Crippen LogP contribution in [0, 0.1) is 0 Å². The number of nitrogens with one attached hydrogen (secondary N) is 2. The molecule has 2 aromatic rings. The molecule has 1 aromatic carbocycles. The van der Waals surface area contributed by atoms with Gasteiger partial charge in [0.2, 0.25) is 10.0 Å². The van der Waals surface area contributed by atoms with E-state index in [9.17, 15) is 8.42 Å². The second-order valence-corrected chi connectivity index (χ2v) is 8.01. The van der Waals surface area contributed by atoms with Crippen molar-refractivity contribution in [3.05, 3.63) is 42.4 Å². The van der Waals surface area contributed by atoms with Gasteiger partial charge in [-0.3, -0.25) is 0 Å². The molecule has 0 spiro atoms. The molecule has 0 unspecified atom stereocenters. The molecule has 0 saturated carbocycles. The number of nitrogens with zero attached hydrogens (tertiary/aromatic N) is 1. The van der Waals surface area contributed by atoms with Gasteiger partial charge >= 0.3 is 0 Å². The zero-order chi connectivity index (χ0) is 17.2. The van der Waals surface area contributed by atoms with E-state index in [1.807, 2.05) is 37.3 Å². The van der Waals surface area contributed by atoms with E-state index < -0.39 is 15.3 Å². The van der Waals surface area contributed by atoms with Crippen LogP contribution in [0.1, 0.15) is 38.6 Å². The fourth-order valence-corrected chi connectivity index (χ4v) is 4.86. The zero-order valence-corrected chi connectivity index (χ0v) is 14.7. The summed E-state index contributed by atoms with van der Waals surface area (Å²) in [4.78, 5) is 7.62. The number of hydrogen-bond acceptors (Lipinski definition) is 4. The summed E-state index contributed by atoms with van der Waals surface area (Å²) in [7, 11) is -3.46. The highest BCUT2D eigenvalue weighted by Gasteiger charge is 2.37. The lowest BCUT2D eigenvalue weighted by molar-refractivity contribution is 0.126. The summed E-state index contributed by atoms with van der Waals surface area (Å²) in [5.74, 6) is 0.631. The van der Waals surface area contributed by atoms with Gasteiger partial charge in [-0.05, 0) is 25.3 Å². The number of benzene rings is 1. The molecule has 2 N–H and O–H groups in total. The number of ether oxygens (including phenoxy) is 1. The average molecular weight is 349 g/mol. The Labute approximate surface area is 142 Å². The van der Waals surface area contributed by atoms with Crippen LogP contribution >= 0.6 is 0 Å². The first-order valence-electron chi connectivity index (χ1n) is 8.24. The zero-order valence-electron chi connectivity index (χ0n) is 13.9. The van der Waals surface area contributed by atoms with E-state index in [0.29, 0.717) is 25.3 Å². The topological polar surface area (TPSA) is 84.1 Å². The quantitative estimate of drug-likeness (QED) is 0.840. The van der Waals surface area contributed by atoms with Crippen LogP contribution in [0.2, 0.25) is 0 Å². The lowest BCUT2D eigenvalue weighted by atomic mass is 10.2. The van der Waals surface area contributed by atoms with E-state index >= 15 is 0 Å². The number of hydrogen-bond donors (Lipinski definition) is 2. The molecule has 2 heterocycles. The Morgan fingerprint density at radius 3 is 2.75 bits per heavy atom. The molecule has 1 aliphatic heterocycles. The lowest BCUT2D eigenvalue weighted by Crippen LogP contribution is -2.40. The summed E-state index contributed by atoms with van der Waals surface area (Å²) >= 11 is 0. The SMILES string of the molecule is CC[C@H](NS(=O)(=O)[C@H]1CCO[C@H]1C)c1ncc(-c2ccccc2)[nH]1. The second kappa shape index (κ2) is 7.04. The van der Waals surface area contributed by atoms with Gasteiger partial charge in [-0.2, -0.15) is 0 Å². The maximum absolute atomic E-state index is 12.6. The van der Waals surface area contributed by atoms with Crippen molar-refractivity contribution in [2.45, 2.75) is 44.1 Å². The van der Waals surface area contributed by atoms with Gasteiger partial charge < -0.3 is 9.72 Å². The highest BCUT2D eigenvalue weighted by atomic mass is 32.2. The summed E-state index contributed by atoms with van der Waals surface area (Å²) in [5, 5.41) is -0.505. The van der Waals surface area contributed by atoms with Gasteiger partial charge in [0, 0.05) is 6.61 Å². The molecule has 1 fully saturated rings. The van der Waals surface area contributed by atoms with Crippen molar-refractivity contribution in [3.8, 4) is 11.3 Å². The van der Waals surface area contributed by atoms with Crippen LogP contribution in [0.15, 0.2) is 36.5 Å². The van der Waals surface area contributed by atoms with Crippen LogP contribution in [0.4, 0.5) is 0 Å². The van der Waals surface area contributed by atoms with Gasteiger partial charge in [0.25, 0.3) is 0 Å². The molecule has 0 amide bonds. The summed E-state index contributed by atoms with van der Waals surface area (Å²) < 4.78 is 33.4. The standard InChI is InChI=1S/C17H23N3O3S/c1-3-14(20-24(21,22)16-9-10-23-12(16)2)17-18-11-15(19-17)13-7-5-4-6-8-13/h4-8,11-12,14,16,20H,3,9-10H2,1-2H3,(H,18,19)/t12-,14-,16-/m0/s1. The smallest absolute Gasteiger partial charge is 0.217 e. The fourth-order valence-electron chi connectivity index (χ4n) is 3.02. The van der Waals surface area contributed by atoms with Crippen molar-refractivity contribution in [1.82, 2.24) is 14.7 Å². The number of imidazole rings is 1. The van der Waals surface area contributed by atoms with Crippen molar-refractivity contribution in [2.24, 2.45) is 0 Å². The molecule has 7 heteroatoms. The summed E-state index contributed by atoms with van der Waals surface area (Å²) in [6, 6.07) is 9.46. The Kier molecular flexibility index (Phi) is 5.03. The predicted molar refractivity (Wildman–Crippen MR) is 92.9 cm³/mol. The average Bonchev–Trinajstić information content (AvgIpc) is 3.23. The lowest BCUT2D eigenvalue weighted by Gasteiger charge is -2.20. The fraction of sp³-hybridized carbons (Fsp3) is 0.471. The summed E-state index contributed by atoms with van der Waals surface area (Å²) in [5.41, 5.74) is 1.90. The van der Waals surface area contributed by atoms with Gasteiger partial charge in [0.05, 0.1) is 24.0 Å². The number of rotatable bonds is 6. The van der Waals surface area contributed by atoms with Gasteiger partial charge in [0.15, 0.2) is 0 Å². The van der Waals surface area contributed by atoms with E-state index in [-0.39, 0.29) is 12.1 Å². The second-order valence-electron chi connectivity index (χ2n) is 6.07. The van der Waals surface area contributed by atoms with E-state index in [1.54, 1.807) is 13.1 Å². The molecule has 1 aliphatic rings. The molecule has 130 valence electrons. The number of aromatic nitrogens is 2. The molecular weight excluding hydrogens is 326 g/mol. The van der Waals surface area contributed by atoms with Crippen LogP contribution in [0.3, 0.4) is 0 Å². The van der Waals surface area contributed by atoms with Crippen molar-refractivity contribution >= 4 is 10.0 Å². The predicted octanol–water partition coefficient (Wildman–Crippen LogP) is 2.62. The molecule has 24 heavy (non-hydrogen) atoms. The Balaban J connectivity index is 1.78. The van der Waals surface area contributed by atoms with Crippen molar-refractivity contribution in [1.29, 1.82) is 0 Å². The molecule has 3 atom stereocenters. The van der Waals surface area contributed by atoms with Crippen molar-refractivity contribution in [2.75, 3.05) is 6.61 Å². The first-order chi connectivity index (χ1) is 11.5. The van der Waals surface area contributed by atoms with Gasteiger partial charge in [-0.1, -0.05) is 37.3 Å². The Bertz CT molecular complexity index is 773. The molecule has 0 bridgehead atoms. The minimum absolute atomic E-state index is 0.281. The highest BCUT2D eigenvalue weighted by Crippen LogP contribution is 2.25. The molecule has 1 aromatic heterocycles. The van der Waals surface area contributed by atoms with Crippen molar-refractivity contribution < 1.29 is 13.2 Å². The molecule has 6 nitrogen and oxygen atoms in total. The molecule has 0 aliphatic carbocycles. The largest absolute Gasteiger partial charge is 0.377 e. The Hall–Kier alpha value is -1.70. The maximum Gasteiger partial charge on any atom is 0.217 e. The number of sulfonamides is 1. The van der Waals surface area contributed by atoms with Gasteiger partial charge in [-0.15, -0.1) is 0 Å². The molecule has 0 radical (unpaired) electrons. The molecule has 1 saturated heterocycles. The summed E-state index contributed by atoms with van der Waals surface area (Å²) in [6.45, 7) is 4.23. The van der Waals surface area contributed by atoms with Crippen LogP contribution in [-0.2, 0) is 14.8 Å². The Morgan fingerprint density at radius 2 is 2.12 bits per heavy atom. The first-order valence-corrected chi connectivity index (χ1v) is 9.79. The van der Waals surface area contributed by atoms with Crippen LogP contribution < -0.4 is 4.72 Å². The molecule has 3 rings (SSSR count). The van der Waals surface area contributed by atoms with E-state index in [0.717, 1.165) is 11.3 Å². The minimum Gasteiger partial charge on any atom is -0.377 e. The normalized spacial score (nSPS) is 22.6. The third-order valence-electron chi connectivity index (χ3n) is 4.43. The maximum atomic E-state index is 12.6. The third kappa shape index (κ3) is 3.53. The van der Waals surface area contributed by atoms with E-state index in [4.69, 9.17) is 4.74 Å². The van der Waals surface area contributed by atoms with Gasteiger partial charge in [0.1, 0.15) is 11.1 Å². The van der Waals surface area contributed by atoms with Crippen LogP contribution in [0.5, 0.6) is 0 Å². The van der Waals surface area contributed by atoms with E-state index in [2.05, 4.69) is 14.7 Å². The van der Waals surface area contributed by atoms with Gasteiger partial charge in [-0.25, -0.2) is 18.1 Å². The first kappa shape index (κ1) is 17.1. The van der Waals surface area contributed by atoms with Crippen LogP contribution in [0.25, 0.3) is 11.3 Å². The van der Waals surface area contributed by atoms with Crippen molar-refractivity contribution in [3.63, 3.8) is 0 Å². The monoisotopic (exact) mass is 349 g/mol. The Morgan fingerprint density at radius 1 is 1.38 bits per heavy atom. The highest BCUT2D eigenvalue weighted by molar-refractivity contribution is 7.90.